The molecule has 1 aromatic carbocycles. The molecule has 2 N–H and O–H groups in total. The highest BCUT2D eigenvalue weighted by atomic mass is 35.5. The summed E-state index contributed by atoms with van der Waals surface area (Å²) in [5.41, 5.74) is 1.93. The van der Waals surface area contributed by atoms with E-state index >= 15 is 0 Å². The average Bonchev–Trinajstić information content (AvgIpc) is 2.55. The molecule has 0 saturated carbocycles. The number of aromatic nitrogens is 1. The van der Waals surface area contributed by atoms with Crippen molar-refractivity contribution in [1.82, 2.24) is 10.3 Å². The number of hydrogen-bond donors (Lipinski definition) is 2. The van der Waals surface area contributed by atoms with E-state index in [0.29, 0.717) is 16.5 Å². The lowest BCUT2D eigenvalue weighted by Crippen LogP contribution is -2.32. The number of ether oxygens (including phenoxy) is 1. The van der Waals surface area contributed by atoms with Crippen LogP contribution in [0.5, 0.6) is 5.75 Å². The Hall–Kier alpha value is -2.27. The number of nitrogens with zero attached hydrogens (tertiary/aromatic N) is 1. The molecule has 0 bridgehead atoms. The van der Waals surface area contributed by atoms with Gasteiger partial charge in [0.1, 0.15) is 11.4 Å². The Balaban J connectivity index is 2.13. The molecule has 0 fully saturated rings. The molecular formula is C17H20ClN3O2. The largest absolute Gasteiger partial charge is 0.495 e. The molecule has 1 heterocycles. The van der Waals surface area contributed by atoms with Gasteiger partial charge in [-0.3, -0.25) is 9.78 Å². The van der Waals surface area contributed by atoms with Gasteiger partial charge in [-0.05, 0) is 43.7 Å². The maximum Gasteiger partial charge on any atom is 0.270 e. The number of hydrogen-bond acceptors (Lipinski definition) is 4. The quantitative estimate of drug-likeness (QED) is 0.838. The van der Waals surface area contributed by atoms with Crippen molar-refractivity contribution in [2.24, 2.45) is 0 Å². The number of nitrogens with one attached hydrogen (secondary N) is 2. The van der Waals surface area contributed by atoms with Gasteiger partial charge in [0.2, 0.25) is 0 Å². The van der Waals surface area contributed by atoms with Crippen LogP contribution in [0.3, 0.4) is 0 Å². The Morgan fingerprint density at radius 3 is 2.70 bits per heavy atom. The average molecular weight is 334 g/mol. The maximum absolute atomic E-state index is 12.1. The number of benzene rings is 1. The molecule has 23 heavy (non-hydrogen) atoms. The Morgan fingerprint density at radius 1 is 1.30 bits per heavy atom. The van der Waals surface area contributed by atoms with Gasteiger partial charge in [0.15, 0.2) is 0 Å². The van der Waals surface area contributed by atoms with Crippen molar-refractivity contribution in [1.29, 1.82) is 0 Å². The Bertz CT molecular complexity index is 691. The third-order valence-corrected chi connectivity index (χ3v) is 3.72. The Kier molecular flexibility index (Phi) is 5.82. The van der Waals surface area contributed by atoms with Gasteiger partial charge < -0.3 is 15.4 Å². The van der Waals surface area contributed by atoms with E-state index in [-0.39, 0.29) is 11.9 Å². The number of carbonyl (C=O) groups is 1. The highest BCUT2D eigenvalue weighted by Crippen LogP contribution is 2.28. The minimum absolute atomic E-state index is 0.112. The fourth-order valence-corrected chi connectivity index (χ4v) is 2.20. The summed E-state index contributed by atoms with van der Waals surface area (Å²) in [6, 6.07) is 9.00. The summed E-state index contributed by atoms with van der Waals surface area (Å²) in [6.45, 7) is 3.98. The fraction of sp³-hybridized carbons (Fsp3) is 0.294. The Morgan fingerprint density at radius 2 is 2.04 bits per heavy atom. The standard InChI is InChI=1S/C17H20ClN3O2/c1-4-11(2)20-17(22)15-10-13(7-8-19-15)21-12-5-6-16(23-3)14(18)9-12/h5-11H,4H2,1-3H3,(H,19,21)(H,20,22). The zero-order valence-corrected chi connectivity index (χ0v) is 14.1. The maximum atomic E-state index is 12.1. The van der Waals surface area contributed by atoms with E-state index in [1.54, 1.807) is 37.6 Å². The van der Waals surface area contributed by atoms with Crippen molar-refractivity contribution in [3.8, 4) is 5.75 Å². The van der Waals surface area contributed by atoms with Gasteiger partial charge in [-0.25, -0.2) is 0 Å². The normalized spacial score (nSPS) is 11.7. The number of halogens is 1. The number of pyridine rings is 1. The second kappa shape index (κ2) is 7.83. The SMILES string of the molecule is CCC(C)NC(=O)c1cc(Nc2ccc(OC)c(Cl)c2)ccn1. The topological polar surface area (TPSA) is 63.2 Å². The second-order valence-electron chi connectivity index (χ2n) is 5.19. The van der Waals surface area contributed by atoms with Crippen LogP contribution in [0.15, 0.2) is 36.5 Å². The predicted octanol–water partition coefficient (Wildman–Crippen LogP) is 4.02. The first-order chi connectivity index (χ1) is 11.0. The van der Waals surface area contributed by atoms with Crippen LogP contribution in [0.4, 0.5) is 11.4 Å². The van der Waals surface area contributed by atoms with E-state index in [4.69, 9.17) is 16.3 Å². The van der Waals surface area contributed by atoms with Crippen LogP contribution in [0, 0.1) is 0 Å². The summed E-state index contributed by atoms with van der Waals surface area (Å²) in [5.74, 6) is 0.427. The first-order valence-electron chi connectivity index (χ1n) is 7.41. The fourth-order valence-electron chi connectivity index (χ4n) is 1.94. The van der Waals surface area contributed by atoms with E-state index in [9.17, 15) is 4.79 Å². The molecule has 0 aliphatic rings. The van der Waals surface area contributed by atoms with Crippen LogP contribution >= 0.6 is 11.6 Å². The van der Waals surface area contributed by atoms with Crippen molar-refractivity contribution in [2.75, 3.05) is 12.4 Å². The highest BCUT2D eigenvalue weighted by molar-refractivity contribution is 6.32. The lowest BCUT2D eigenvalue weighted by Gasteiger charge is -2.12. The van der Waals surface area contributed by atoms with Crippen LogP contribution in [-0.4, -0.2) is 24.0 Å². The van der Waals surface area contributed by atoms with E-state index in [0.717, 1.165) is 17.8 Å². The third kappa shape index (κ3) is 4.60. The predicted molar refractivity (Wildman–Crippen MR) is 92.7 cm³/mol. The summed E-state index contributed by atoms with van der Waals surface area (Å²) in [7, 11) is 1.57. The highest BCUT2D eigenvalue weighted by Gasteiger charge is 2.10. The van der Waals surface area contributed by atoms with Crippen molar-refractivity contribution in [3.05, 3.63) is 47.2 Å². The van der Waals surface area contributed by atoms with Crippen LogP contribution in [0.1, 0.15) is 30.8 Å². The van der Waals surface area contributed by atoms with E-state index in [1.807, 2.05) is 19.9 Å². The molecule has 1 unspecified atom stereocenters. The van der Waals surface area contributed by atoms with E-state index < -0.39 is 0 Å². The van der Waals surface area contributed by atoms with Crippen LogP contribution in [-0.2, 0) is 0 Å². The van der Waals surface area contributed by atoms with Gasteiger partial charge in [0.05, 0.1) is 12.1 Å². The van der Waals surface area contributed by atoms with Gasteiger partial charge >= 0.3 is 0 Å². The van der Waals surface area contributed by atoms with Gasteiger partial charge in [0, 0.05) is 23.6 Å². The van der Waals surface area contributed by atoms with E-state index in [1.165, 1.54) is 0 Å². The third-order valence-electron chi connectivity index (χ3n) is 3.42. The summed E-state index contributed by atoms with van der Waals surface area (Å²) >= 11 is 6.11. The first-order valence-corrected chi connectivity index (χ1v) is 7.78. The number of anilines is 2. The molecule has 1 amide bonds. The van der Waals surface area contributed by atoms with Crippen molar-refractivity contribution in [2.45, 2.75) is 26.3 Å². The zero-order chi connectivity index (χ0) is 16.8. The molecule has 1 atom stereocenters. The molecule has 0 radical (unpaired) electrons. The van der Waals surface area contributed by atoms with Crippen molar-refractivity contribution < 1.29 is 9.53 Å². The molecular weight excluding hydrogens is 314 g/mol. The minimum atomic E-state index is -0.184. The molecule has 1 aromatic heterocycles. The molecule has 2 aromatic rings. The summed E-state index contributed by atoms with van der Waals surface area (Å²) < 4.78 is 5.13. The molecule has 5 nitrogen and oxygen atoms in total. The van der Waals surface area contributed by atoms with Gasteiger partial charge in [-0.2, -0.15) is 0 Å². The number of carbonyl (C=O) groups excluding carboxylic acids is 1. The monoisotopic (exact) mass is 333 g/mol. The minimum Gasteiger partial charge on any atom is -0.495 e. The van der Waals surface area contributed by atoms with Crippen molar-refractivity contribution >= 4 is 28.9 Å². The van der Waals surface area contributed by atoms with Gasteiger partial charge in [0.25, 0.3) is 5.91 Å². The second-order valence-corrected chi connectivity index (χ2v) is 5.59. The zero-order valence-electron chi connectivity index (χ0n) is 13.4. The summed E-state index contributed by atoms with van der Waals surface area (Å²) in [6.07, 6.45) is 2.47. The van der Waals surface area contributed by atoms with Crippen LogP contribution in [0.25, 0.3) is 0 Å². The lowest BCUT2D eigenvalue weighted by molar-refractivity contribution is 0.0934. The number of methoxy groups -OCH3 is 1. The van der Waals surface area contributed by atoms with Crippen LogP contribution < -0.4 is 15.4 Å². The summed E-state index contributed by atoms with van der Waals surface area (Å²) in [4.78, 5) is 16.2. The molecule has 0 aliphatic heterocycles. The molecule has 0 saturated heterocycles. The summed E-state index contributed by atoms with van der Waals surface area (Å²) in [5, 5.41) is 6.61. The first kappa shape index (κ1) is 17.1. The molecule has 0 aliphatic carbocycles. The molecule has 0 spiro atoms. The van der Waals surface area contributed by atoms with Crippen LogP contribution in [0.2, 0.25) is 5.02 Å². The van der Waals surface area contributed by atoms with Gasteiger partial charge in [-0.1, -0.05) is 18.5 Å². The number of amides is 1. The van der Waals surface area contributed by atoms with E-state index in [2.05, 4.69) is 15.6 Å². The van der Waals surface area contributed by atoms with Crippen molar-refractivity contribution in [3.63, 3.8) is 0 Å². The number of rotatable bonds is 6. The molecule has 6 heteroatoms. The Labute approximate surface area is 141 Å². The lowest BCUT2D eigenvalue weighted by atomic mass is 10.2. The molecule has 2 rings (SSSR count). The van der Waals surface area contributed by atoms with Gasteiger partial charge in [-0.15, -0.1) is 0 Å². The smallest absolute Gasteiger partial charge is 0.270 e. The molecule has 122 valence electrons.